The summed E-state index contributed by atoms with van der Waals surface area (Å²) in [4.78, 5) is 4.24. The first kappa shape index (κ1) is 10.7. The molecule has 2 aromatic rings. The number of aromatic nitrogens is 1. The summed E-state index contributed by atoms with van der Waals surface area (Å²) in [7, 11) is 1.65. The van der Waals surface area contributed by atoms with E-state index in [4.69, 9.17) is 14.9 Å². The van der Waals surface area contributed by atoms with E-state index in [1.807, 2.05) is 24.3 Å². The van der Waals surface area contributed by atoms with Gasteiger partial charge in [0.2, 0.25) is 0 Å². The molecule has 16 heavy (non-hydrogen) atoms. The number of nitrogens with two attached hydrogens (primary N) is 1. The lowest BCUT2D eigenvalue weighted by molar-refractivity contribution is 0.414. The molecule has 1 heterocycles. The molecule has 4 nitrogen and oxygen atoms in total. The molecule has 0 radical (unpaired) electrons. The van der Waals surface area contributed by atoms with Gasteiger partial charge in [-0.15, -0.1) is 0 Å². The molecule has 0 saturated carbocycles. The van der Waals surface area contributed by atoms with Crippen molar-refractivity contribution in [2.24, 2.45) is 5.73 Å². The van der Waals surface area contributed by atoms with Crippen molar-refractivity contribution in [1.82, 2.24) is 4.98 Å². The van der Waals surface area contributed by atoms with Gasteiger partial charge in [0.1, 0.15) is 12.0 Å². The maximum Gasteiger partial charge on any atom is 0.198 e. The Hall–Kier alpha value is -1.81. The predicted molar refractivity (Wildman–Crippen MR) is 60.2 cm³/mol. The van der Waals surface area contributed by atoms with Crippen molar-refractivity contribution in [2.75, 3.05) is 7.11 Å². The van der Waals surface area contributed by atoms with Crippen molar-refractivity contribution in [2.45, 2.75) is 13.0 Å². The van der Waals surface area contributed by atoms with Crippen molar-refractivity contribution in [1.29, 1.82) is 0 Å². The first-order valence-corrected chi connectivity index (χ1v) is 5.08. The summed E-state index contributed by atoms with van der Waals surface area (Å²) in [6, 6.07) is 7.82. The van der Waals surface area contributed by atoms with Gasteiger partial charge in [0.15, 0.2) is 5.89 Å². The highest BCUT2D eigenvalue weighted by atomic mass is 16.5. The average molecular weight is 218 g/mol. The Morgan fingerprint density at radius 3 is 2.62 bits per heavy atom. The molecule has 0 unspecified atom stereocenters. The van der Waals surface area contributed by atoms with Gasteiger partial charge in [-0.2, -0.15) is 0 Å². The number of rotatable bonds is 4. The summed E-state index contributed by atoms with van der Waals surface area (Å²) in [5.74, 6) is 1.53. The largest absolute Gasteiger partial charge is 0.497 e. The Balaban J connectivity index is 2.08. The lowest BCUT2D eigenvalue weighted by atomic mass is 10.1. The van der Waals surface area contributed by atoms with Crippen molar-refractivity contribution in [3.05, 3.63) is 47.7 Å². The standard InChI is InChI=1S/C12H14N2O2/c1-15-11-4-2-9(3-5-11)6-12-14-10(7-13)8-16-12/h2-5,8H,6-7,13H2,1H3. The summed E-state index contributed by atoms with van der Waals surface area (Å²) in [6.07, 6.45) is 2.27. The van der Waals surface area contributed by atoms with E-state index < -0.39 is 0 Å². The number of hydrogen-bond acceptors (Lipinski definition) is 4. The fraction of sp³-hybridized carbons (Fsp3) is 0.250. The molecular formula is C12H14N2O2. The van der Waals surface area contributed by atoms with Crippen LogP contribution in [0.1, 0.15) is 17.1 Å². The van der Waals surface area contributed by atoms with Gasteiger partial charge in [0, 0.05) is 13.0 Å². The molecule has 0 aliphatic heterocycles. The predicted octanol–water partition coefficient (Wildman–Crippen LogP) is 1.73. The molecule has 1 aromatic carbocycles. The molecule has 0 atom stereocenters. The van der Waals surface area contributed by atoms with Gasteiger partial charge in [0.05, 0.1) is 12.8 Å². The third-order valence-electron chi connectivity index (χ3n) is 2.32. The molecule has 0 saturated heterocycles. The molecule has 4 heteroatoms. The Bertz CT molecular complexity index is 448. The van der Waals surface area contributed by atoms with Gasteiger partial charge >= 0.3 is 0 Å². The van der Waals surface area contributed by atoms with Gasteiger partial charge in [0.25, 0.3) is 0 Å². The highest BCUT2D eigenvalue weighted by molar-refractivity contribution is 5.28. The van der Waals surface area contributed by atoms with Crippen molar-refractivity contribution < 1.29 is 9.15 Å². The van der Waals surface area contributed by atoms with Crippen LogP contribution in [0.4, 0.5) is 0 Å². The monoisotopic (exact) mass is 218 g/mol. The van der Waals surface area contributed by atoms with E-state index in [0.717, 1.165) is 17.0 Å². The summed E-state index contributed by atoms with van der Waals surface area (Å²) in [6.45, 7) is 0.409. The van der Waals surface area contributed by atoms with Crippen LogP contribution in [0, 0.1) is 0 Å². The highest BCUT2D eigenvalue weighted by Crippen LogP contribution is 2.14. The average Bonchev–Trinajstić information content (AvgIpc) is 2.78. The lowest BCUT2D eigenvalue weighted by Gasteiger charge is -2.00. The van der Waals surface area contributed by atoms with Crippen LogP contribution in [0.25, 0.3) is 0 Å². The van der Waals surface area contributed by atoms with Crippen molar-refractivity contribution in [3.63, 3.8) is 0 Å². The van der Waals surface area contributed by atoms with E-state index in [0.29, 0.717) is 18.9 Å². The zero-order valence-corrected chi connectivity index (χ0v) is 9.14. The fourth-order valence-electron chi connectivity index (χ4n) is 1.44. The number of nitrogens with zero attached hydrogens (tertiary/aromatic N) is 1. The molecule has 84 valence electrons. The van der Waals surface area contributed by atoms with Gasteiger partial charge in [-0.1, -0.05) is 12.1 Å². The van der Waals surface area contributed by atoms with E-state index in [-0.39, 0.29) is 0 Å². The second-order valence-corrected chi connectivity index (χ2v) is 3.46. The molecule has 0 aliphatic carbocycles. The zero-order valence-electron chi connectivity index (χ0n) is 9.14. The van der Waals surface area contributed by atoms with E-state index in [2.05, 4.69) is 4.98 Å². The molecule has 0 fully saturated rings. The van der Waals surface area contributed by atoms with Crippen LogP contribution in [0.5, 0.6) is 5.75 Å². The number of benzene rings is 1. The summed E-state index contributed by atoms with van der Waals surface area (Å²) in [5, 5.41) is 0. The quantitative estimate of drug-likeness (QED) is 0.849. The Morgan fingerprint density at radius 1 is 1.31 bits per heavy atom. The Morgan fingerprint density at radius 2 is 2.06 bits per heavy atom. The third kappa shape index (κ3) is 2.41. The topological polar surface area (TPSA) is 61.3 Å². The van der Waals surface area contributed by atoms with Crippen LogP contribution in [0.15, 0.2) is 34.9 Å². The smallest absolute Gasteiger partial charge is 0.198 e. The normalized spacial score (nSPS) is 10.4. The second-order valence-electron chi connectivity index (χ2n) is 3.46. The number of oxazole rings is 1. The van der Waals surface area contributed by atoms with E-state index >= 15 is 0 Å². The first-order valence-electron chi connectivity index (χ1n) is 5.08. The highest BCUT2D eigenvalue weighted by Gasteiger charge is 2.03. The molecule has 1 aromatic heterocycles. The Labute approximate surface area is 94.1 Å². The van der Waals surface area contributed by atoms with Gasteiger partial charge in [-0.25, -0.2) is 4.98 Å². The first-order chi connectivity index (χ1) is 7.81. The van der Waals surface area contributed by atoms with Crippen LogP contribution >= 0.6 is 0 Å². The SMILES string of the molecule is COc1ccc(Cc2nc(CN)co2)cc1. The fourth-order valence-corrected chi connectivity index (χ4v) is 1.44. The van der Waals surface area contributed by atoms with Crippen LogP contribution in [0.3, 0.4) is 0 Å². The van der Waals surface area contributed by atoms with Crippen LogP contribution in [0.2, 0.25) is 0 Å². The van der Waals surface area contributed by atoms with Crippen LogP contribution in [-0.4, -0.2) is 12.1 Å². The van der Waals surface area contributed by atoms with E-state index in [9.17, 15) is 0 Å². The van der Waals surface area contributed by atoms with E-state index in [1.54, 1.807) is 13.4 Å². The lowest BCUT2D eigenvalue weighted by Crippen LogP contribution is -1.96. The van der Waals surface area contributed by atoms with Crippen molar-refractivity contribution >= 4 is 0 Å². The summed E-state index contributed by atoms with van der Waals surface area (Å²) < 4.78 is 10.4. The molecule has 0 bridgehead atoms. The molecule has 2 rings (SSSR count). The number of ether oxygens (including phenoxy) is 1. The van der Waals surface area contributed by atoms with Gasteiger partial charge < -0.3 is 14.9 Å². The molecule has 0 aliphatic rings. The Kier molecular flexibility index (Phi) is 3.22. The van der Waals surface area contributed by atoms with Crippen LogP contribution < -0.4 is 10.5 Å². The maximum absolute atomic E-state index is 5.46. The number of methoxy groups -OCH3 is 1. The third-order valence-corrected chi connectivity index (χ3v) is 2.32. The van der Waals surface area contributed by atoms with Crippen LogP contribution in [-0.2, 0) is 13.0 Å². The minimum absolute atomic E-state index is 0.409. The number of hydrogen-bond donors (Lipinski definition) is 1. The molecule has 2 N–H and O–H groups in total. The molecule has 0 spiro atoms. The summed E-state index contributed by atoms with van der Waals surface area (Å²) >= 11 is 0. The minimum Gasteiger partial charge on any atom is -0.497 e. The molecular weight excluding hydrogens is 204 g/mol. The van der Waals surface area contributed by atoms with Gasteiger partial charge in [-0.3, -0.25) is 0 Å². The van der Waals surface area contributed by atoms with Gasteiger partial charge in [-0.05, 0) is 17.7 Å². The van der Waals surface area contributed by atoms with Crippen molar-refractivity contribution in [3.8, 4) is 5.75 Å². The molecule has 0 amide bonds. The zero-order chi connectivity index (χ0) is 11.4. The van der Waals surface area contributed by atoms with E-state index in [1.165, 1.54) is 0 Å². The minimum atomic E-state index is 0.409. The second kappa shape index (κ2) is 4.81. The maximum atomic E-state index is 5.46. The summed E-state index contributed by atoms with van der Waals surface area (Å²) in [5.41, 5.74) is 7.37.